The van der Waals surface area contributed by atoms with Crippen molar-refractivity contribution in [3.63, 3.8) is 0 Å². The number of aryl methyl sites for hydroxylation is 3. The van der Waals surface area contributed by atoms with Gasteiger partial charge >= 0.3 is 6.11 Å². The molecule has 4 rings (SSSR count). The molecule has 0 amide bonds. The molecule has 0 aliphatic heterocycles. The lowest BCUT2D eigenvalue weighted by atomic mass is 9.79. The fraction of sp³-hybridized carbons (Fsp3) is 0.379. The SMILES string of the molecule is Cc1ccc(OC(F)(F)c2ccc(CCc3ccc(C4CCC(C)CC4)cc3)cc2)cc1. The maximum Gasteiger partial charge on any atom is 0.426 e. The first-order valence-corrected chi connectivity index (χ1v) is 11.7. The molecule has 3 aromatic carbocycles. The molecule has 1 aliphatic rings. The molecule has 0 spiro atoms. The van der Waals surface area contributed by atoms with Crippen molar-refractivity contribution in [2.75, 3.05) is 0 Å². The van der Waals surface area contributed by atoms with Gasteiger partial charge in [0.15, 0.2) is 0 Å². The van der Waals surface area contributed by atoms with Crippen molar-refractivity contribution in [2.45, 2.75) is 64.4 Å². The minimum absolute atomic E-state index is 0.132. The molecule has 1 saturated carbocycles. The van der Waals surface area contributed by atoms with E-state index in [1.54, 1.807) is 36.4 Å². The van der Waals surface area contributed by atoms with E-state index >= 15 is 0 Å². The second kappa shape index (κ2) is 9.85. The predicted molar refractivity (Wildman–Crippen MR) is 126 cm³/mol. The molecule has 0 bridgehead atoms. The first-order chi connectivity index (χ1) is 15.4. The summed E-state index contributed by atoms with van der Waals surface area (Å²) < 4.78 is 34.0. The molecule has 3 heteroatoms. The Kier molecular flexibility index (Phi) is 6.93. The van der Waals surface area contributed by atoms with Gasteiger partial charge in [0.2, 0.25) is 0 Å². The van der Waals surface area contributed by atoms with Crippen LogP contribution in [0.15, 0.2) is 72.8 Å². The van der Waals surface area contributed by atoms with Crippen LogP contribution < -0.4 is 4.74 Å². The molecule has 3 aromatic rings. The van der Waals surface area contributed by atoms with E-state index < -0.39 is 6.11 Å². The van der Waals surface area contributed by atoms with Gasteiger partial charge in [0.05, 0.1) is 5.56 Å². The maximum atomic E-state index is 14.5. The van der Waals surface area contributed by atoms with Crippen LogP contribution in [-0.2, 0) is 19.0 Å². The zero-order chi connectivity index (χ0) is 22.6. The smallest absolute Gasteiger partial charge is 0.426 e. The number of rotatable bonds is 7. The Morgan fingerprint density at radius 1 is 0.750 bits per heavy atom. The number of hydrogen-bond acceptors (Lipinski definition) is 1. The van der Waals surface area contributed by atoms with Crippen LogP contribution in [0.4, 0.5) is 8.78 Å². The number of alkyl halides is 2. The molecule has 0 heterocycles. The van der Waals surface area contributed by atoms with Crippen LogP contribution >= 0.6 is 0 Å². The van der Waals surface area contributed by atoms with E-state index in [9.17, 15) is 8.78 Å². The first kappa shape index (κ1) is 22.5. The van der Waals surface area contributed by atoms with Crippen LogP contribution in [-0.4, -0.2) is 0 Å². The molecule has 1 fully saturated rings. The lowest BCUT2D eigenvalue weighted by Crippen LogP contribution is -2.21. The summed E-state index contributed by atoms with van der Waals surface area (Å²) in [5.74, 6) is 1.73. The highest BCUT2D eigenvalue weighted by molar-refractivity contribution is 5.31. The van der Waals surface area contributed by atoms with Crippen LogP contribution in [0.5, 0.6) is 5.75 Å². The normalized spacial score (nSPS) is 19.0. The van der Waals surface area contributed by atoms with Crippen molar-refractivity contribution in [3.05, 3.63) is 101 Å². The van der Waals surface area contributed by atoms with E-state index in [0.717, 1.165) is 29.9 Å². The summed E-state index contributed by atoms with van der Waals surface area (Å²) in [6.45, 7) is 4.26. The van der Waals surface area contributed by atoms with Crippen molar-refractivity contribution in [3.8, 4) is 5.75 Å². The fourth-order valence-corrected chi connectivity index (χ4v) is 4.52. The molecule has 32 heavy (non-hydrogen) atoms. The summed E-state index contributed by atoms with van der Waals surface area (Å²) in [6, 6.07) is 22.2. The lowest BCUT2D eigenvalue weighted by molar-refractivity contribution is -0.185. The van der Waals surface area contributed by atoms with Gasteiger partial charge in [-0.3, -0.25) is 0 Å². The van der Waals surface area contributed by atoms with Crippen LogP contribution in [0, 0.1) is 12.8 Å². The average Bonchev–Trinajstić information content (AvgIpc) is 2.80. The van der Waals surface area contributed by atoms with E-state index in [1.807, 2.05) is 6.92 Å². The Labute approximate surface area is 190 Å². The third kappa shape index (κ3) is 5.76. The van der Waals surface area contributed by atoms with Crippen LogP contribution in [0.3, 0.4) is 0 Å². The van der Waals surface area contributed by atoms with E-state index in [4.69, 9.17) is 4.74 Å². The summed E-state index contributed by atoms with van der Waals surface area (Å²) in [5.41, 5.74) is 4.66. The highest BCUT2D eigenvalue weighted by Crippen LogP contribution is 2.35. The van der Waals surface area contributed by atoms with Gasteiger partial charge in [0.1, 0.15) is 5.75 Å². The monoisotopic (exact) mass is 434 g/mol. The molecule has 0 N–H and O–H groups in total. The number of hydrogen-bond donors (Lipinski definition) is 0. The molecular formula is C29H32F2O. The highest BCUT2D eigenvalue weighted by atomic mass is 19.3. The molecule has 0 unspecified atom stereocenters. The van der Waals surface area contributed by atoms with Gasteiger partial charge in [0, 0.05) is 0 Å². The Morgan fingerprint density at radius 2 is 1.28 bits per heavy atom. The summed E-state index contributed by atoms with van der Waals surface area (Å²) >= 11 is 0. The van der Waals surface area contributed by atoms with Crippen molar-refractivity contribution < 1.29 is 13.5 Å². The molecule has 0 atom stereocenters. The summed E-state index contributed by atoms with van der Waals surface area (Å²) in [6.07, 6.45) is 3.62. The molecule has 0 saturated heterocycles. The Hall–Kier alpha value is -2.68. The predicted octanol–water partition coefficient (Wildman–Crippen LogP) is 8.20. The summed E-state index contributed by atoms with van der Waals surface area (Å²) in [5, 5.41) is 0. The first-order valence-electron chi connectivity index (χ1n) is 11.7. The Bertz CT molecular complexity index is 983. The fourth-order valence-electron chi connectivity index (χ4n) is 4.52. The van der Waals surface area contributed by atoms with Crippen LogP contribution in [0.1, 0.15) is 66.3 Å². The quantitative estimate of drug-likeness (QED) is 0.364. The maximum absolute atomic E-state index is 14.5. The number of benzene rings is 3. The summed E-state index contributed by atoms with van der Waals surface area (Å²) in [4.78, 5) is 0. The van der Waals surface area contributed by atoms with Gasteiger partial charge in [-0.15, -0.1) is 0 Å². The van der Waals surface area contributed by atoms with Crippen LogP contribution in [0.2, 0.25) is 0 Å². The minimum Gasteiger partial charge on any atom is -0.429 e. The molecule has 1 aliphatic carbocycles. The second-order valence-electron chi connectivity index (χ2n) is 9.33. The van der Waals surface area contributed by atoms with Gasteiger partial charge in [-0.2, -0.15) is 8.78 Å². The third-order valence-electron chi connectivity index (χ3n) is 6.73. The molecular weight excluding hydrogens is 402 g/mol. The summed E-state index contributed by atoms with van der Waals surface area (Å²) in [7, 11) is 0. The Balaban J connectivity index is 1.32. The zero-order valence-electron chi connectivity index (χ0n) is 19.0. The zero-order valence-corrected chi connectivity index (χ0v) is 19.0. The van der Waals surface area contributed by atoms with Crippen molar-refractivity contribution in [2.24, 2.45) is 5.92 Å². The van der Waals surface area contributed by atoms with Gasteiger partial charge in [-0.25, -0.2) is 0 Å². The molecule has 168 valence electrons. The van der Waals surface area contributed by atoms with Gasteiger partial charge < -0.3 is 4.74 Å². The van der Waals surface area contributed by atoms with E-state index in [-0.39, 0.29) is 11.3 Å². The van der Waals surface area contributed by atoms with Gasteiger partial charge in [-0.05, 0) is 85.4 Å². The largest absolute Gasteiger partial charge is 0.429 e. The van der Waals surface area contributed by atoms with E-state index in [2.05, 4.69) is 31.2 Å². The number of ether oxygens (including phenoxy) is 1. The van der Waals surface area contributed by atoms with Crippen LogP contribution in [0.25, 0.3) is 0 Å². The third-order valence-corrected chi connectivity index (χ3v) is 6.73. The minimum atomic E-state index is -3.36. The number of halogens is 2. The highest BCUT2D eigenvalue weighted by Gasteiger charge is 2.34. The van der Waals surface area contributed by atoms with E-state index in [1.165, 1.54) is 48.9 Å². The molecule has 0 radical (unpaired) electrons. The standard InChI is InChI=1S/C29H32F2O/c1-21-3-13-25(14-4-21)26-15-9-23(10-16-26)7-8-24-11-17-27(18-12-24)29(30,31)32-28-19-5-22(2)6-20-28/h5-6,9-12,15-21,25H,3-4,7-8,13-14H2,1-2H3. The van der Waals surface area contributed by atoms with Crippen molar-refractivity contribution in [1.82, 2.24) is 0 Å². The van der Waals surface area contributed by atoms with Crippen molar-refractivity contribution >= 4 is 0 Å². The lowest BCUT2D eigenvalue weighted by Gasteiger charge is -2.26. The molecule has 0 aromatic heterocycles. The molecule has 1 nitrogen and oxygen atoms in total. The van der Waals surface area contributed by atoms with E-state index in [0.29, 0.717) is 5.92 Å². The van der Waals surface area contributed by atoms with Gasteiger partial charge in [-0.1, -0.05) is 73.9 Å². The van der Waals surface area contributed by atoms with Gasteiger partial charge in [0.25, 0.3) is 0 Å². The topological polar surface area (TPSA) is 9.23 Å². The average molecular weight is 435 g/mol. The second-order valence-corrected chi connectivity index (χ2v) is 9.33. The van der Waals surface area contributed by atoms with Crippen molar-refractivity contribution in [1.29, 1.82) is 0 Å². The Morgan fingerprint density at radius 3 is 1.84 bits per heavy atom.